The Morgan fingerprint density at radius 3 is 1.25 bits per heavy atom. The van der Waals surface area contributed by atoms with Crippen LogP contribution < -0.4 is 0 Å². The molecule has 0 amide bonds. The summed E-state index contributed by atoms with van der Waals surface area (Å²) in [5.74, 6) is 3.56. The Balaban J connectivity index is 1.06. The van der Waals surface area contributed by atoms with Crippen LogP contribution in [-0.4, -0.2) is 39.0 Å². The molecule has 0 bridgehead atoms. The summed E-state index contributed by atoms with van der Waals surface area (Å²) in [6.07, 6.45) is 0. The van der Waals surface area contributed by atoms with Crippen molar-refractivity contribution in [1.29, 1.82) is 0 Å². The fraction of sp³-hybridized carbons (Fsp3) is 0. The first-order valence-electron chi connectivity index (χ1n) is 21.3. The van der Waals surface area contributed by atoms with Gasteiger partial charge < -0.3 is 0 Å². The summed E-state index contributed by atoms with van der Waals surface area (Å²) in [7, 11) is 0. The molecular weight excluding hydrogens is 785 g/mol. The van der Waals surface area contributed by atoms with E-state index >= 15 is 0 Å². The molecule has 4 aromatic heterocycles. The van der Waals surface area contributed by atoms with E-state index in [4.69, 9.17) is 29.9 Å². The molecule has 64 heavy (non-hydrogen) atoms. The van der Waals surface area contributed by atoms with Crippen molar-refractivity contribution in [3.8, 4) is 68.6 Å². The monoisotopic (exact) mass is 818 g/mol. The second-order valence-electron chi connectivity index (χ2n) is 16.0. The van der Waals surface area contributed by atoms with Crippen molar-refractivity contribution in [2.45, 2.75) is 0 Å². The van der Waals surface area contributed by atoms with Crippen LogP contribution in [0.3, 0.4) is 0 Å². The highest BCUT2D eigenvalue weighted by Gasteiger charge is 2.23. The zero-order chi connectivity index (χ0) is 42.1. The van der Waals surface area contributed by atoms with Gasteiger partial charge in [0.25, 0.3) is 0 Å². The van der Waals surface area contributed by atoms with Gasteiger partial charge in [0, 0.05) is 43.8 Å². The molecule has 0 aliphatic heterocycles. The van der Waals surface area contributed by atoms with Gasteiger partial charge in [-0.25, -0.2) is 9.97 Å². The molecule has 4 heterocycles. The van der Waals surface area contributed by atoms with Gasteiger partial charge >= 0.3 is 0 Å². The van der Waals surface area contributed by atoms with E-state index in [1.54, 1.807) is 0 Å². The van der Waals surface area contributed by atoms with E-state index in [-0.39, 0.29) is 0 Å². The van der Waals surface area contributed by atoms with Crippen LogP contribution in [-0.2, 0) is 0 Å². The van der Waals surface area contributed by atoms with Crippen molar-refractivity contribution in [2.24, 2.45) is 0 Å². The number of hydrogen-bond acceptors (Lipinski definition) is 6. The first kappa shape index (κ1) is 35.8. The van der Waals surface area contributed by atoms with Crippen LogP contribution in [0, 0.1) is 0 Å². The van der Waals surface area contributed by atoms with Crippen molar-refractivity contribution in [2.75, 3.05) is 0 Å². The smallest absolute Gasteiger partial charge is 0.238 e. The maximum absolute atomic E-state index is 5.22. The summed E-state index contributed by atoms with van der Waals surface area (Å²) >= 11 is 0. The van der Waals surface area contributed by atoms with Crippen molar-refractivity contribution < 1.29 is 0 Å². The molecule has 0 spiro atoms. The molecule has 0 N–H and O–H groups in total. The number of aromatic nitrogens is 8. The molecule has 0 unspecified atom stereocenters. The van der Waals surface area contributed by atoms with Crippen LogP contribution in [0.4, 0.5) is 0 Å². The van der Waals surface area contributed by atoms with Crippen molar-refractivity contribution in [3.05, 3.63) is 206 Å². The molecule has 0 aliphatic carbocycles. The number of hydrogen-bond donors (Lipinski definition) is 0. The highest BCUT2D eigenvalue weighted by molar-refractivity contribution is 6.25. The molecule has 0 saturated carbocycles. The lowest BCUT2D eigenvalue weighted by molar-refractivity contribution is 0.953. The van der Waals surface area contributed by atoms with Gasteiger partial charge in [-0.1, -0.05) is 176 Å². The minimum Gasteiger partial charge on any atom is -0.278 e. The number of fused-ring (bicyclic) bond motifs is 3. The van der Waals surface area contributed by atoms with E-state index in [2.05, 4.69) is 94.1 Å². The summed E-state index contributed by atoms with van der Waals surface area (Å²) in [5.41, 5.74) is 9.85. The normalized spacial score (nSPS) is 11.8. The number of nitrogens with zero attached hydrogens (tertiary/aromatic N) is 8. The molecule has 8 nitrogen and oxygen atoms in total. The SMILES string of the molecule is c1ccc(-c2nc(-c3ccccc3)nc(-n3c4ccccc4c4ccc(-c5cc6ccc7cccc8c7c6c(c5)n8-c5nc(-c6ccccc6)nc(-c6ccccc6)n5)cc43)n2)cc1. The zero-order valence-corrected chi connectivity index (χ0v) is 34.2. The van der Waals surface area contributed by atoms with Crippen LogP contribution in [0.15, 0.2) is 206 Å². The van der Waals surface area contributed by atoms with Crippen LogP contribution in [0.2, 0.25) is 0 Å². The van der Waals surface area contributed by atoms with Gasteiger partial charge in [-0.15, -0.1) is 0 Å². The van der Waals surface area contributed by atoms with E-state index in [0.717, 1.165) is 77.0 Å². The lowest BCUT2D eigenvalue weighted by Gasteiger charge is -2.12. The minimum atomic E-state index is 0.551. The number of benzene rings is 9. The predicted octanol–water partition coefficient (Wildman–Crippen LogP) is 13.2. The quantitative estimate of drug-likeness (QED) is 0.149. The Kier molecular flexibility index (Phi) is 8.04. The largest absolute Gasteiger partial charge is 0.278 e. The lowest BCUT2D eigenvalue weighted by atomic mass is 9.97. The standard InChI is InChI=1S/C56H34N8/c1-5-16-36(17-6-1)51-57-52(37-18-7-2-8-19-37)60-55(59-51)63-45-26-14-13-25-43(45)44-31-30-40(33-47(44)63)42-32-41-29-28-35-24-15-27-46-49(35)50(41)48(34-42)64(46)56-61-53(38-20-9-3-10-21-38)58-54(62-56)39-22-11-4-12-23-39/h1-34H. The van der Waals surface area contributed by atoms with Crippen LogP contribution in [0.5, 0.6) is 0 Å². The Morgan fingerprint density at radius 1 is 0.250 bits per heavy atom. The Bertz CT molecular complexity index is 3770. The van der Waals surface area contributed by atoms with E-state index in [1.165, 1.54) is 10.8 Å². The molecule has 0 atom stereocenters. The minimum absolute atomic E-state index is 0.551. The van der Waals surface area contributed by atoms with Gasteiger partial charge in [-0.3, -0.25) is 9.13 Å². The Hall–Kier alpha value is -8.88. The molecule has 0 saturated heterocycles. The summed E-state index contributed by atoms with van der Waals surface area (Å²) in [4.78, 5) is 30.8. The topological polar surface area (TPSA) is 87.2 Å². The summed E-state index contributed by atoms with van der Waals surface area (Å²) in [6, 6.07) is 71.2. The highest BCUT2D eigenvalue weighted by atomic mass is 15.2. The maximum Gasteiger partial charge on any atom is 0.238 e. The first-order chi connectivity index (χ1) is 31.7. The average molecular weight is 819 g/mol. The Labute approximate surface area is 366 Å². The van der Waals surface area contributed by atoms with Crippen LogP contribution in [0.1, 0.15) is 0 Å². The fourth-order valence-corrected chi connectivity index (χ4v) is 9.24. The number of para-hydroxylation sites is 1. The second-order valence-corrected chi connectivity index (χ2v) is 16.0. The van der Waals surface area contributed by atoms with Crippen LogP contribution in [0.25, 0.3) is 123 Å². The third-order valence-electron chi connectivity index (χ3n) is 12.2. The molecule has 0 radical (unpaired) electrons. The van der Waals surface area contributed by atoms with Crippen LogP contribution >= 0.6 is 0 Å². The first-order valence-corrected chi connectivity index (χ1v) is 21.3. The highest BCUT2D eigenvalue weighted by Crippen LogP contribution is 2.42. The summed E-state index contributed by atoms with van der Waals surface area (Å²) in [6.45, 7) is 0. The molecule has 8 heteroatoms. The van der Waals surface area contributed by atoms with Crippen molar-refractivity contribution in [3.63, 3.8) is 0 Å². The molecule has 13 aromatic rings. The van der Waals surface area contributed by atoms with E-state index < -0.39 is 0 Å². The van der Waals surface area contributed by atoms with Gasteiger partial charge in [0.2, 0.25) is 11.9 Å². The van der Waals surface area contributed by atoms with Gasteiger partial charge in [0.05, 0.1) is 22.1 Å². The molecular formula is C56H34N8. The number of rotatable bonds is 7. The average Bonchev–Trinajstić information content (AvgIpc) is 3.89. The zero-order valence-electron chi connectivity index (χ0n) is 34.2. The summed E-state index contributed by atoms with van der Waals surface area (Å²) < 4.78 is 4.40. The van der Waals surface area contributed by atoms with E-state index in [1.807, 2.05) is 121 Å². The maximum atomic E-state index is 5.22. The molecule has 298 valence electrons. The molecule has 9 aromatic carbocycles. The van der Waals surface area contributed by atoms with Gasteiger partial charge in [0.15, 0.2) is 23.3 Å². The lowest BCUT2D eigenvalue weighted by Crippen LogP contribution is -2.06. The Morgan fingerprint density at radius 2 is 0.688 bits per heavy atom. The molecule has 13 rings (SSSR count). The van der Waals surface area contributed by atoms with E-state index in [9.17, 15) is 0 Å². The third-order valence-corrected chi connectivity index (χ3v) is 12.2. The van der Waals surface area contributed by atoms with E-state index in [0.29, 0.717) is 35.2 Å². The van der Waals surface area contributed by atoms with Crippen molar-refractivity contribution in [1.82, 2.24) is 39.0 Å². The van der Waals surface area contributed by atoms with Gasteiger partial charge in [-0.05, 0) is 52.2 Å². The molecule has 0 fully saturated rings. The van der Waals surface area contributed by atoms with Gasteiger partial charge in [0.1, 0.15) is 0 Å². The predicted molar refractivity (Wildman–Crippen MR) is 258 cm³/mol. The van der Waals surface area contributed by atoms with Gasteiger partial charge in [-0.2, -0.15) is 19.9 Å². The third kappa shape index (κ3) is 5.77. The summed E-state index contributed by atoms with van der Waals surface area (Å²) in [5, 5.41) is 6.87. The fourth-order valence-electron chi connectivity index (χ4n) is 9.24. The second kappa shape index (κ2) is 14.4. The molecule has 0 aliphatic rings. The van der Waals surface area contributed by atoms with Crippen molar-refractivity contribution >= 4 is 54.4 Å².